The van der Waals surface area contributed by atoms with E-state index in [0.29, 0.717) is 19.7 Å². The number of fused-ring (bicyclic) bond motifs is 1. The summed E-state index contributed by atoms with van der Waals surface area (Å²) in [5.74, 6) is 0. The van der Waals surface area contributed by atoms with Crippen molar-refractivity contribution in [1.82, 2.24) is 9.88 Å². The number of rotatable bonds is 3. The van der Waals surface area contributed by atoms with Crippen molar-refractivity contribution in [2.24, 2.45) is 0 Å². The molecule has 1 aromatic heterocycles. The van der Waals surface area contributed by atoms with E-state index in [1.54, 1.807) is 11.1 Å². The number of ether oxygens (including phenoxy) is 2. The van der Waals surface area contributed by atoms with Gasteiger partial charge in [-0.15, -0.1) is 0 Å². The molecule has 2 aliphatic heterocycles. The molecule has 0 aliphatic carbocycles. The summed E-state index contributed by atoms with van der Waals surface area (Å²) in [6, 6.07) is 15.6. The Hall–Kier alpha value is -2.40. The van der Waals surface area contributed by atoms with Crippen LogP contribution in [0, 0.1) is 0 Å². The number of carbonyl (C=O) groups excluding carboxylic acids is 1. The fourth-order valence-electron chi connectivity index (χ4n) is 3.16. The first-order valence-corrected chi connectivity index (χ1v) is 7.83. The predicted octanol–water partition coefficient (Wildman–Crippen LogP) is 2.72. The van der Waals surface area contributed by atoms with Gasteiger partial charge in [-0.3, -0.25) is 4.98 Å². The normalized spacial score (nSPS) is 25.6. The van der Waals surface area contributed by atoms with Gasteiger partial charge in [-0.2, -0.15) is 0 Å². The highest BCUT2D eigenvalue weighted by Gasteiger charge is 2.61. The number of aromatic nitrogens is 1. The monoisotopic (exact) mass is 310 g/mol. The molecular formula is C18H18N2O3. The minimum Gasteiger partial charge on any atom is -0.445 e. The average Bonchev–Trinajstić information content (AvgIpc) is 3.36. The lowest BCUT2D eigenvalue weighted by Crippen LogP contribution is -2.42. The van der Waals surface area contributed by atoms with Gasteiger partial charge in [0.2, 0.25) is 0 Å². The van der Waals surface area contributed by atoms with E-state index in [1.807, 2.05) is 48.5 Å². The van der Waals surface area contributed by atoms with Crippen molar-refractivity contribution in [1.29, 1.82) is 0 Å². The van der Waals surface area contributed by atoms with E-state index in [9.17, 15) is 4.79 Å². The lowest BCUT2D eigenvalue weighted by atomic mass is 9.93. The Morgan fingerprint density at radius 2 is 2.09 bits per heavy atom. The van der Waals surface area contributed by atoms with Crippen LogP contribution in [0.5, 0.6) is 0 Å². The van der Waals surface area contributed by atoms with Crippen LogP contribution in [0.15, 0.2) is 54.7 Å². The Balaban J connectivity index is 1.34. The van der Waals surface area contributed by atoms with Crippen LogP contribution in [-0.2, 0) is 21.7 Å². The number of hydrogen-bond acceptors (Lipinski definition) is 4. The van der Waals surface area contributed by atoms with E-state index in [2.05, 4.69) is 4.98 Å². The van der Waals surface area contributed by atoms with Crippen molar-refractivity contribution in [2.75, 3.05) is 13.1 Å². The van der Waals surface area contributed by atoms with Crippen LogP contribution in [0.3, 0.4) is 0 Å². The summed E-state index contributed by atoms with van der Waals surface area (Å²) in [7, 11) is 0. The van der Waals surface area contributed by atoms with Crippen molar-refractivity contribution in [3.63, 3.8) is 0 Å². The van der Waals surface area contributed by atoms with E-state index in [-0.39, 0.29) is 17.8 Å². The molecule has 5 nitrogen and oxygen atoms in total. The Morgan fingerprint density at radius 1 is 1.26 bits per heavy atom. The SMILES string of the molecule is O=C(OCc1ccccc1)N1CC[C@@]2(c3ccccn3)O[C@H]2C1. The van der Waals surface area contributed by atoms with E-state index in [0.717, 1.165) is 17.7 Å². The van der Waals surface area contributed by atoms with Crippen molar-refractivity contribution in [2.45, 2.75) is 24.7 Å². The van der Waals surface area contributed by atoms with Gasteiger partial charge in [0.25, 0.3) is 0 Å². The number of nitrogens with zero attached hydrogens (tertiary/aromatic N) is 2. The molecule has 2 saturated heterocycles. The number of likely N-dealkylation sites (tertiary alicyclic amines) is 1. The van der Waals surface area contributed by atoms with E-state index in [1.165, 1.54) is 0 Å². The van der Waals surface area contributed by atoms with Crippen LogP contribution in [0.1, 0.15) is 17.7 Å². The molecule has 0 saturated carbocycles. The number of amides is 1. The number of hydrogen-bond donors (Lipinski definition) is 0. The maximum absolute atomic E-state index is 12.2. The molecule has 0 unspecified atom stereocenters. The number of piperidine rings is 1. The van der Waals surface area contributed by atoms with Crippen LogP contribution in [0.25, 0.3) is 0 Å². The lowest BCUT2D eigenvalue weighted by Gasteiger charge is -2.27. The molecule has 0 spiro atoms. The van der Waals surface area contributed by atoms with Crippen LogP contribution < -0.4 is 0 Å². The second-order valence-electron chi connectivity index (χ2n) is 5.95. The van der Waals surface area contributed by atoms with Crippen molar-refractivity contribution in [3.05, 3.63) is 66.0 Å². The summed E-state index contributed by atoms with van der Waals surface area (Å²) in [4.78, 5) is 18.3. The summed E-state index contributed by atoms with van der Waals surface area (Å²) in [5.41, 5.74) is 1.66. The Morgan fingerprint density at radius 3 is 2.83 bits per heavy atom. The number of epoxide rings is 1. The third kappa shape index (κ3) is 2.68. The lowest BCUT2D eigenvalue weighted by molar-refractivity contribution is 0.0894. The first-order chi connectivity index (χ1) is 11.3. The van der Waals surface area contributed by atoms with Crippen LogP contribution in [0.4, 0.5) is 4.79 Å². The van der Waals surface area contributed by atoms with E-state index >= 15 is 0 Å². The van der Waals surface area contributed by atoms with Crippen LogP contribution >= 0.6 is 0 Å². The summed E-state index contributed by atoms with van der Waals surface area (Å²) >= 11 is 0. The highest BCUT2D eigenvalue weighted by atomic mass is 16.6. The van der Waals surface area contributed by atoms with Crippen LogP contribution in [0.2, 0.25) is 0 Å². The van der Waals surface area contributed by atoms with Gasteiger partial charge >= 0.3 is 6.09 Å². The summed E-state index contributed by atoms with van der Waals surface area (Å²) in [6.07, 6.45) is 2.28. The van der Waals surface area contributed by atoms with Crippen molar-refractivity contribution >= 4 is 6.09 Å². The number of carbonyl (C=O) groups is 1. The fourth-order valence-corrected chi connectivity index (χ4v) is 3.16. The second kappa shape index (κ2) is 5.66. The zero-order valence-electron chi connectivity index (χ0n) is 12.7. The summed E-state index contributed by atoms with van der Waals surface area (Å²) in [5, 5.41) is 0. The van der Waals surface area contributed by atoms with Crippen LogP contribution in [-0.4, -0.2) is 35.2 Å². The Kier molecular flexibility index (Phi) is 3.50. The summed E-state index contributed by atoms with van der Waals surface area (Å²) in [6.45, 7) is 1.48. The quantitative estimate of drug-likeness (QED) is 0.818. The van der Waals surface area contributed by atoms with Gasteiger partial charge in [0.1, 0.15) is 18.3 Å². The molecule has 2 aromatic rings. The number of benzene rings is 1. The predicted molar refractivity (Wildman–Crippen MR) is 83.6 cm³/mol. The molecule has 2 atom stereocenters. The zero-order valence-corrected chi connectivity index (χ0v) is 12.7. The molecule has 118 valence electrons. The van der Waals surface area contributed by atoms with Gasteiger partial charge in [0, 0.05) is 19.2 Å². The first-order valence-electron chi connectivity index (χ1n) is 7.83. The zero-order chi connectivity index (χ0) is 15.7. The first kappa shape index (κ1) is 14.2. The molecule has 2 aliphatic rings. The average molecular weight is 310 g/mol. The fraction of sp³-hybridized carbons (Fsp3) is 0.333. The summed E-state index contributed by atoms with van der Waals surface area (Å²) < 4.78 is 11.3. The van der Waals surface area contributed by atoms with E-state index in [4.69, 9.17) is 9.47 Å². The van der Waals surface area contributed by atoms with Gasteiger partial charge < -0.3 is 14.4 Å². The molecule has 0 bridgehead atoms. The van der Waals surface area contributed by atoms with Gasteiger partial charge in [0.15, 0.2) is 0 Å². The number of pyridine rings is 1. The molecular weight excluding hydrogens is 292 g/mol. The molecule has 1 aromatic carbocycles. The minimum absolute atomic E-state index is 0.0235. The smallest absolute Gasteiger partial charge is 0.410 e. The van der Waals surface area contributed by atoms with E-state index < -0.39 is 0 Å². The Bertz CT molecular complexity index is 692. The topological polar surface area (TPSA) is 55.0 Å². The third-order valence-corrected chi connectivity index (χ3v) is 4.52. The molecule has 4 rings (SSSR count). The van der Waals surface area contributed by atoms with Gasteiger partial charge in [-0.25, -0.2) is 4.79 Å². The Labute approximate surface area is 134 Å². The largest absolute Gasteiger partial charge is 0.445 e. The van der Waals surface area contributed by atoms with Crippen molar-refractivity contribution < 1.29 is 14.3 Å². The highest BCUT2D eigenvalue weighted by molar-refractivity contribution is 5.68. The minimum atomic E-state index is -0.294. The maximum Gasteiger partial charge on any atom is 0.410 e. The maximum atomic E-state index is 12.2. The highest BCUT2D eigenvalue weighted by Crippen LogP contribution is 2.51. The molecule has 2 fully saturated rings. The van der Waals surface area contributed by atoms with Crippen molar-refractivity contribution in [3.8, 4) is 0 Å². The van der Waals surface area contributed by atoms with Gasteiger partial charge in [-0.1, -0.05) is 36.4 Å². The van der Waals surface area contributed by atoms with Gasteiger partial charge in [-0.05, 0) is 17.7 Å². The molecule has 0 N–H and O–H groups in total. The molecule has 5 heteroatoms. The molecule has 0 radical (unpaired) electrons. The molecule has 1 amide bonds. The third-order valence-electron chi connectivity index (χ3n) is 4.52. The van der Waals surface area contributed by atoms with Gasteiger partial charge in [0.05, 0.1) is 12.2 Å². The molecule has 23 heavy (non-hydrogen) atoms. The molecule has 3 heterocycles. The standard InChI is InChI=1S/C18H18N2O3/c21-17(22-13-14-6-2-1-3-7-14)20-11-9-18(16(12-20)23-18)15-8-4-5-10-19-15/h1-8,10,16H,9,11-13H2/t16-,18-/m0/s1. The second-order valence-corrected chi connectivity index (χ2v) is 5.95.